The molecule has 0 fully saturated rings. The third-order valence-corrected chi connectivity index (χ3v) is 3.25. The van der Waals surface area contributed by atoms with Crippen LogP contribution in [0.15, 0.2) is 47.1 Å². The van der Waals surface area contributed by atoms with Gasteiger partial charge in [-0.05, 0) is 18.2 Å². The number of amides is 2. The number of nitrogens with zero attached hydrogens (tertiary/aromatic N) is 1. The van der Waals surface area contributed by atoms with Gasteiger partial charge in [-0.25, -0.2) is 0 Å². The minimum Gasteiger partial charge on any atom is -0.467 e. The Morgan fingerprint density at radius 2 is 1.88 bits per heavy atom. The van der Waals surface area contributed by atoms with E-state index in [1.54, 1.807) is 30.3 Å². The van der Waals surface area contributed by atoms with E-state index in [2.05, 4.69) is 16.0 Å². The summed E-state index contributed by atoms with van der Waals surface area (Å²) in [5, 5.41) is 18.8. The quantitative estimate of drug-likeness (QED) is 0.465. The fourth-order valence-corrected chi connectivity index (χ4v) is 2.02. The van der Waals surface area contributed by atoms with Gasteiger partial charge >= 0.3 is 0 Å². The van der Waals surface area contributed by atoms with E-state index in [4.69, 9.17) is 4.42 Å². The summed E-state index contributed by atoms with van der Waals surface area (Å²) in [6.07, 6.45) is 1.59. The van der Waals surface area contributed by atoms with Gasteiger partial charge in [-0.15, -0.1) is 0 Å². The van der Waals surface area contributed by atoms with Crippen LogP contribution in [0.1, 0.15) is 12.2 Å². The van der Waals surface area contributed by atoms with E-state index in [1.165, 1.54) is 12.3 Å². The number of para-hydroxylation sites is 2. The van der Waals surface area contributed by atoms with E-state index in [0.29, 0.717) is 11.4 Å². The minimum absolute atomic E-state index is 0.0554. The maximum Gasteiger partial charge on any atom is 0.292 e. The van der Waals surface area contributed by atoms with Crippen molar-refractivity contribution in [3.8, 4) is 0 Å². The summed E-state index contributed by atoms with van der Waals surface area (Å²) in [6.45, 7) is 0.316. The van der Waals surface area contributed by atoms with Crippen molar-refractivity contribution in [1.82, 2.24) is 10.6 Å². The van der Waals surface area contributed by atoms with Gasteiger partial charge in [0, 0.05) is 19.0 Å². The lowest BCUT2D eigenvalue weighted by molar-refractivity contribution is -0.384. The molecule has 0 spiro atoms. The molecule has 9 heteroatoms. The Kier molecular flexibility index (Phi) is 6.52. The predicted octanol–water partition coefficient (Wildman–Crippen LogP) is 1.42. The molecule has 132 valence electrons. The summed E-state index contributed by atoms with van der Waals surface area (Å²) in [5.41, 5.74) is 0.289. The molecule has 9 nitrogen and oxygen atoms in total. The molecule has 2 amide bonds. The van der Waals surface area contributed by atoms with Crippen molar-refractivity contribution in [2.45, 2.75) is 13.0 Å². The second kappa shape index (κ2) is 9.06. The maximum absolute atomic E-state index is 11.7. The van der Waals surface area contributed by atoms with Gasteiger partial charge < -0.3 is 20.4 Å². The van der Waals surface area contributed by atoms with Crippen molar-refractivity contribution in [3.63, 3.8) is 0 Å². The highest BCUT2D eigenvalue weighted by atomic mass is 16.6. The Morgan fingerprint density at radius 3 is 2.60 bits per heavy atom. The lowest BCUT2D eigenvalue weighted by Crippen LogP contribution is -2.37. The fourth-order valence-electron chi connectivity index (χ4n) is 2.02. The second-order valence-corrected chi connectivity index (χ2v) is 5.08. The van der Waals surface area contributed by atoms with Crippen LogP contribution in [-0.4, -0.2) is 29.8 Å². The zero-order chi connectivity index (χ0) is 18.1. The van der Waals surface area contributed by atoms with Crippen LogP contribution in [0.2, 0.25) is 0 Å². The van der Waals surface area contributed by atoms with Gasteiger partial charge in [-0.2, -0.15) is 0 Å². The van der Waals surface area contributed by atoms with E-state index >= 15 is 0 Å². The number of hydrogen-bond donors (Lipinski definition) is 3. The maximum atomic E-state index is 11.7. The van der Waals surface area contributed by atoms with Crippen LogP contribution >= 0.6 is 0 Å². The largest absolute Gasteiger partial charge is 0.467 e. The molecule has 3 N–H and O–H groups in total. The number of hydrogen-bond acceptors (Lipinski definition) is 6. The normalized spacial score (nSPS) is 10.1. The number of nitro groups is 1. The molecule has 0 atom stereocenters. The molecule has 25 heavy (non-hydrogen) atoms. The van der Waals surface area contributed by atoms with Crippen molar-refractivity contribution in [3.05, 3.63) is 58.5 Å². The molecular formula is C16H18N4O5. The van der Waals surface area contributed by atoms with E-state index < -0.39 is 4.92 Å². The summed E-state index contributed by atoms with van der Waals surface area (Å²) in [7, 11) is 0. The standard InChI is InChI=1S/C16H18N4O5/c21-15(19-11-16(22)18-10-12-4-3-9-25-12)7-8-17-13-5-1-2-6-14(13)20(23)24/h1-6,9,17H,7-8,10-11H2,(H,18,22)(H,19,21). The van der Waals surface area contributed by atoms with Crippen molar-refractivity contribution < 1.29 is 18.9 Å². The summed E-state index contributed by atoms with van der Waals surface area (Å²) in [4.78, 5) is 33.7. The molecule has 0 aliphatic heterocycles. The highest BCUT2D eigenvalue weighted by molar-refractivity contribution is 5.84. The number of anilines is 1. The summed E-state index contributed by atoms with van der Waals surface area (Å²) in [5.74, 6) is -0.0519. The van der Waals surface area contributed by atoms with Crippen LogP contribution < -0.4 is 16.0 Å². The van der Waals surface area contributed by atoms with Crippen LogP contribution in [0.25, 0.3) is 0 Å². The number of benzene rings is 1. The number of nitro benzene ring substituents is 1. The zero-order valence-corrected chi connectivity index (χ0v) is 13.4. The number of carbonyl (C=O) groups is 2. The second-order valence-electron chi connectivity index (χ2n) is 5.08. The highest BCUT2D eigenvalue weighted by Gasteiger charge is 2.12. The third kappa shape index (κ3) is 5.98. The molecule has 0 bridgehead atoms. The summed E-state index contributed by atoms with van der Waals surface area (Å²) >= 11 is 0. The van der Waals surface area contributed by atoms with Gasteiger partial charge in [-0.3, -0.25) is 19.7 Å². The Labute approximate surface area is 143 Å². The molecule has 1 heterocycles. The Hall–Kier alpha value is -3.36. The van der Waals surface area contributed by atoms with Crippen molar-refractivity contribution in [1.29, 1.82) is 0 Å². The first-order valence-corrected chi connectivity index (χ1v) is 7.59. The van der Waals surface area contributed by atoms with Gasteiger partial charge in [0.05, 0.1) is 24.3 Å². The highest BCUT2D eigenvalue weighted by Crippen LogP contribution is 2.22. The molecule has 2 aromatic rings. The van der Waals surface area contributed by atoms with Crippen LogP contribution in [0, 0.1) is 10.1 Å². The van der Waals surface area contributed by atoms with Crippen molar-refractivity contribution in [2.75, 3.05) is 18.4 Å². The Bertz CT molecular complexity index is 730. The molecule has 0 radical (unpaired) electrons. The first kappa shape index (κ1) is 18.0. The van der Waals surface area contributed by atoms with E-state index in [0.717, 1.165) is 0 Å². The molecule has 0 saturated carbocycles. The fraction of sp³-hybridized carbons (Fsp3) is 0.250. The van der Waals surface area contributed by atoms with Crippen LogP contribution in [0.5, 0.6) is 0 Å². The van der Waals surface area contributed by atoms with Gasteiger partial charge in [0.15, 0.2) is 0 Å². The molecule has 0 aliphatic rings. The van der Waals surface area contributed by atoms with Crippen molar-refractivity contribution in [2.24, 2.45) is 0 Å². The van der Waals surface area contributed by atoms with Gasteiger partial charge in [0.25, 0.3) is 5.69 Å². The van der Waals surface area contributed by atoms with Crippen LogP contribution in [0.4, 0.5) is 11.4 Å². The molecule has 1 aromatic heterocycles. The predicted molar refractivity (Wildman–Crippen MR) is 89.8 cm³/mol. The van der Waals surface area contributed by atoms with Gasteiger partial charge in [0.1, 0.15) is 11.4 Å². The lowest BCUT2D eigenvalue weighted by Gasteiger charge is -2.08. The lowest BCUT2D eigenvalue weighted by atomic mass is 10.2. The molecule has 0 aliphatic carbocycles. The Morgan fingerprint density at radius 1 is 1.08 bits per heavy atom. The number of carbonyl (C=O) groups excluding carboxylic acids is 2. The topological polar surface area (TPSA) is 127 Å². The first-order chi connectivity index (χ1) is 12.1. The minimum atomic E-state index is -0.494. The SMILES string of the molecule is O=C(CCNc1ccccc1[N+](=O)[O-])NCC(=O)NCc1ccco1. The number of furan rings is 1. The van der Waals surface area contributed by atoms with Gasteiger partial charge in [0.2, 0.25) is 11.8 Å². The first-order valence-electron chi connectivity index (χ1n) is 7.59. The van der Waals surface area contributed by atoms with Gasteiger partial charge in [-0.1, -0.05) is 12.1 Å². The van der Waals surface area contributed by atoms with E-state index in [-0.39, 0.29) is 43.6 Å². The van der Waals surface area contributed by atoms with E-state index in [1.807, 2.05) is 0 Å². The van der Waals surface area contributed by atoms with Crippen LogP contribution in [-0.2, 0) is 16.1 Å². The van der Waals surface area contributed by atoms with E-state index in [9.17, 15) is 19.7 Å². The smallest absolute Gasteiger partial charge is 0.292 e. The Balaban J connectivity index is 1.65. The molecular weight excluding hydrogens is 328 g/mol. The number of nitrogens with one attached hydrogen (secondary N) is 3. The molecule has 0 saturated heterocycles. The molecule has 1 aromatic carbocycles. The molecule has 2 rings (SSSR count). The summed E-state index contributed by atoms with van der Waals surface area (Å²) in [6, 6.07) is 9.63. The third-order valence-electron chi connectivity index (χ3n) is 3.25. The average molecular weight is 346 g/mol. The summed E-state index contributed by atoms with van der Waals surface area (Å²) < 4.78 is 5.07. The van der Waals surface area contributed by atoms with Crippen molar-refractivity contribution >= 4 is 23.2 Å². The monoisotopic (exact) mass is 346 g/mol. The average Bonchev–Trinajstić information content (AvgIpc) is 3.12. The zero-order valence-electron chi connectivity index (χ0n) is 13.4. The molecule has 0 unspecified atom stereocenters. The number of rotatable bonds is 9. The van der Waals surface area contributed by atoms with Crippen LogP contribution in [0.3, 0.4) is 0 Å².